The van der Waals surface area contributed by atoms with Crippen molar-refractivity contribution in [1.82, 2.24) is 0 Å². The van der Waals surface area contributed by atoms with Crippen molar-refractivity contribution in [2.24, 2.45) is 5.73 Å². The van der Waals surface area contributed by atoms with E-state index in [1.54, 1.807) is 20.1 Å². The molecule has 1 aliphatic rings. The molecule has 0 aromatic heterocycles. The van der Waals surface area contributed by atoms with Gasteiger partial charge in [-0.25, -0.2) is 4.79 Å². The van der Waals surface area contributed by atoms with Gasteiger partial charge in [-0.05, 0) is 24.6 Å². The average molecular weight is 291 g/mol. The van der Waals surface area contributed by atoms with Crippen molar-refractivity contribution in [1.29, 1.82) is 0 Å². The van der Waals surface area contributed by atoms with Gasteiger partial charge in [0.15, 0.2) is 5.60 Å². The zero-order valence-electron chi connectivity index (χ0n) is 12.4. The first-order chi connectivity index (χ1) is 10.1. The van der Waals surface area contributed by atoms with Crippen LogP contribution in [0.3, 0.4) is 0 Å². The van der Waals surface area contributed by atoms with E-state index in [1.165, 1.54) is 0 Å². The molecule has 2 N–H and O–H groups in total. The van der Waals surface area contributed by atoms with Crippen molar-refractivity contribution in [2.75, 3.05) is 20.3 Å². The molecule has 1 heterocycles. The van der Waals surface area contributed by atoms with Gasteiger partial charge >= 0.3 is 5.97 Å². The van der Waals surface area contributed by atoms with Crippen LogP contribution in [0.1, 0.15) is 18.1 Å². The molecule has 1 aromatic rings. The van der Waals surface area contributed by atoms with E-state index in [4.69, 9.17) is 19.9 Å². The van der Waals surface area contributed by atoms with Gasteiger partial charge < -0.3 is 19.9 Å². The van der Waals surface area contributed by atoms with Crippen molar-refractivity contribution >= 4 is 5.97 Å². The van der Waals surface area contributed by atoms with Crippen LogP contribution in [0.25, 0.3) is 0 Å². The summed E-state index contributed by atoms with van der Waals surface area (Å²) in [6, 6.07) is 5.71. The molecule has 5 heteroatoms. The van der Waals surface area contributed by atoms with Gasteiger partial charge in [0, 0.05) is 18.5 Å². The summed E-state index contributed by atoms with van der Waals surface area (Å²) in [6.45, 7) is 2.90. The first kappa shape index (κ1) is 15.5. The van der Waals surface area contributed by atoms with Crippen molar-refractivity contribution in [3.05, 3.63) is 41.5 Å². The van der Waals surface area contributed by atoms with E-state index < -0.39 is 5.60 Å². The Hall–Kier alpha value is -1.85. The second kappa shape index (κ2) is 6.74. The number of methoxy groups -OCH3 is 1. The van der Waals surface area contributed by atoms with Gasteiger partial charge in [-0.3, -0.25) is 0 Å². The van der Waals surface area contributed by atoms with Gasteiger partial charge in [0.1, 0.15) is 5.75 Å². The molecule has 21 heavy (non-hydrogen) atoms. The minimum Gasteiger partial charge on any atom is -0.496 e. The Morgan fingerprint density at radius 1 is 1.48 bits per heavy atom. The molecule has 1 unspecified atom stereocenters. The van der Waals surface area contributed by atoms with Gasteiger partial charge in [0.2, 0.25) is 0 Å². The number of carbonyl (C=O) groups is 1. The molecule has 1 aromatic carbocycles. The molecule has 0 amide bonds. The van der Waals surface area contributed by atoms with Crippen LogP contribution in [0.15, 0.2) is 30.4 Å². The lowest BCUT2D eigenvalue weighted by Crippen LogP contribution is -2.41. The fraction of sp³-hybridized carbons (Fsp3) is 0.438. The van der Waals surface area contributed by atoms with Gasteiger partial charge in [-0.15, -0.1) is 0 Å². The summed E-state index contributed by atoms with van der Waals surface area (Å²) < 4.78 is 16.0. The van der Waals surface area contributed by atoms with Gasteiger partial charge in [0.25, 0.3) is 0 Å². The SMILES string of the molecule is CCOC(=O)C1(Cc2ccc(OC)c(CN)c2)C=CCO1. The van der Waals surface area contributed by atoms with Crippen molar-refractivity contribution < 1.29 is 19.0 Å². The number of rotatable bonds is 6. The van der Waals surface area contributed by atoms with Crippen LogP contribution in [0.5, 0.6) is 5.75 Å². The predicted molar refractivity (Wildman–Crippen MR) is 79.0 cm³/mol. The third-order valence-electron chi connectivity index (χ3n) is 3.48. The maximum absolute atomic E-state index is 12.2. The minimum absolute atomic E-state index is 0.328. The molecular weight excluding hydrogens is 270 g/mol. The van der Waals surface area contributed by atoms with E-state index in [-0.39, 0.29) is 5.97 Å². The van der Waals surface area contributed by atoms with Crippen LogP contribution in [-0.4, -0.2) is 31.9 Å². The number of esters is 1. The molecule has 114 valence electrons. The molecule has 0 spiro atoms. The topological polar surface area (TPSA) is 70.8 Å². The molecule has 0 saturated heterocycles. The maximum atomic E-state index is 12.2. The van der Waals surface area contributed by atoms with Crippen molar-refractivity contribution in [3.63, 3.8) is 0 Å². The zero-order valence-corrected chi connectivity index (χ0v) is 12.4. The fourth-order valence-electron chi connectivity index (χ4n) is 2.45. The van der Waals surface area contributed by atoms with Crippen LogP contribution in [0.4, 0.5) is 0 Å². The summed E-state index contributed by atoms with van der Waals surface area (Å²) in [4.78, 5) is 12.2. The van der Waals surface area contributed by atoms with Crippen molar-refractivity contribution in [2.45, 2.75) is 25.5 Å². The number of hydrogen-bond acceptors (Lipinski definition) is 5. The van der Waals surface area contributed by atoms with Crippen LogP contribution in [-0.2, 0) is 27.2 Å². The smallest absolute Gasteiger partial charge is 0.342 e. The van der Waals surface area contributed by atoms with E-state index in [0.29, 0.717) is 26.2 Å². The Morgan fingerprint density at radius 3 is 2.86 bits per heavy atom. The lowest BCUT2D eigenvalue weighted by atomic mass is 9.93. The summed E-state index contributed by atoms with van der Waals surface area (Å²) in [5, 5.41) is 0. The van der Waals surface area contributed by atoms with E-state index in [0.717, 1.165) is 16.9 Å². The lowest BCUT2D eigenvalue weighted by Gasteiger charge is -2.25. The van der Waals surface area contributed by atoms with Gasteiger partial charge in [0.05, 0.1) is 20.3 Å². The van der Waals surface area contributed by atoms with E-state index in [9.17, 15) is 4.79 Å². The second-order valence-corrected chi connectivity index (χ2v) is 4.85. The van der Waals surface area contributed by atoms with Crippen LogP contribution < -0.4 is 10.5 Å². The molecule has 1 aliphatic heterocycles. The first-order valence-corrected chi connectivity index (χ1v) is 7.00. The molecule has 0 aliphatic carbocycles. The Balaban J connectivity index is 2.25. The lowest BCUT2D eigenvalue weighted by molar-refractivity contribution is -0.162. The van der Waals surface area contributed by atoms with E-state index >= 15 is 0 Å². The van der Waals surface area contributed by atoms with E-state index in [2.05, 4.69) is 0 Å². The molecule has 0 saturated carbocycles. The highest BCUT2D eigenvalue weighted by Gasteiger charge is 2.41. The predicted octanol–water partition coefficient (Wildman–Crippen LogP) is 1.58. The van der Waals surface area contributed by atoms with Crippen molar-refractivity contribution in [3.8, 4) is 5.75 Å². The number of nitrogens with two attached hydrogens (primary N) is 1. The molecule has 2 rings (SSSR count). The number of benzene rings is 1. The van der Waals surface area contributed by atoms with Gasteiger partial charge in [-0.2, -0.15) is 0 Å². The largest absolute Gasteiger partial charge is 0.496 e. The van der Waals surface area contributed by atoms with Crippen LogP contribution in [0.2, 0.25) is 0 Å². The maximum Gasteiger partial charge on any atom is 0.342 e. The molecule has 0 fully saturated rings. The van der Waals surface area contributed by atoms with Gasteiger partial charge in [-0.1, -0.05) is 18.2 Å². The number of carbonyl (C=O) groups excluding carboxylic acids is 1. The minimum atomic E-state index is -1.03. The molecule has 5 nitrogen and oxygen atoms in total. The highest BCUT2D eigenvalue weighted by Crippen LogP contribution is 2.28. The monoisotopic (exact) mass is 291 g/mol. The Bertz CT molecular complexity index is 541. The average Bonchev–Trinajstić information content (AvgIpc) is 2.97. The Morgan fingerprint density at radius 2 is 2.29 bits per heavy atom. The first-order valence-electron chi connectivity index (χ1n) is 7.00. The fourth-order valence-corrected chi connectivity index (χ4v) is 2.45. The summed E-state index contributed by atoms with van der Waals surface area (Å²) >= 11 is 0. The Labute approximate surface area is 124 Å². The number of ether oxygens (including phenoxy) is 3. The summed E-state index contributed by atoms with van der Waals surface area (Å²) in [7, 11) is 1.61. The highest BCUT2D eigenvalue weighted by molar-refractivity contribution is 5.83. The standard InChI is InChI=1S/C16H21NO4/c1-3-20-15(18)16(7-4-8-21-16)10-12-5-6-14(19-2)13(9-12)11-17/h4-7,9H,3,8,10-11,17H2,1-2H3. The zero-order chi connectivity index (χ0) is 15.3. The highest BCUT2D eigenvalue weighted by atomic mass is 16.6. The normalized spacial score (nSPS) is 20.5. The van der Waals surface area contributed by atoms with Crippen LogP contribution >= 0.6 is 0 Å². The molecule has 0 bridgehead atoms. The third-order valence-corrected chi connectivity index (χ3v) is 3.48. The Kier molecular flexibility index (Phi) is 4.98. The third kappa shape index (κ3) is 3.25. The summed E-state index contributed by atoms with van der Waals surface area (Å²) in [5.74, 6) is 0.387. The summed E-state index contributed by atoms with van der Waals surface area (Å²) in [5.41, 5.74) is 6.55. The molecule has 0 radical (unpaired) electrons. The number of hydrogen-bond donors (Lipinski definition) is 1. The molecular formula is C16H21NO4. The summed E-state index contributed by atoms with van der Waals surface area (Å²) in [6.07, 6.45) is 4.03. The van der Waals surface area contributed by atoms with Crippen LogP contribution in [0, 0.1) is 0 Å². The van der Waals surface area contributed by atoms with E-state index in [1.807, 2.05) is 24.3 Å². The quantitative estimate of drug-likeness (QED) is 0.636. The second-order valence-electron chi connectivity index (χ2n) is 4.85. The molecule has 1 atom stereocenters.